The van der Waals surface area contributed by atoms with Crippen molar-refractivity contribution in [2.75, 3.05) is 6.26 Å². The van der Waals surface area contributed by atoms with Crippen LogP contribution in [0.3, 0.4) is 0 Å². The molecule has 178 valence electrons. The third-order valence-corrected chi connectivity index (χ3v) is 6.13. The minimum absolute atomic E-state index is 0.129. The van der Waals surface area contributed by atoms with Crippen LogP contribution in [0.4, 0.5) is 4.39 Å². The highest BCUT2D eigenvalue weighted by Crippen LogP contribution is 2.29. The summed E-state index contributed by atoms with van der Waals surface area (Å²) in [7, 11) is -3.68. The Morgan fingerprint density at radius 1 is 0.941 bits per heavy atom. The maximum Gasteiger partial charge on any atom is 0.268 e. The Morgan fingerprint density at radius 2 is 1.53 bits per heavy atom. The Hall–Kier alpha value is -3.60. The lowest BCUT2D eigenvalue weighted by Crippen LogP contribution is -2.07. The largest absolute Gasteiger partial charge is 0.481 e. The maximum absolute atomic E-state index is 14.2. The Bertz CT molecular complexity index is 1400. The van der Waals surface area contributed by atoms with Crippen LogP contribution in [0.5, 0.6) is 5.75 Å². The van der Waals surface area contributed by atoms with E-state index in [0.29, 0.717) is 29.4 Å². The number of sulfone groups is 1. The number of halogens is 1. The molecule has 0 unspecified atom stereocenters. The van der Waals surface area contributed by atoms with E-state index in [4.69, 9.17) is 13.8 Å². The second-order valence-electron chi connectivity index (χ2n) is 8.02. The number of ether oxygens (including phenoxy) is 1. The third-order valence-electron chi connectivity index (χ3n) is 5.00. The fourth-order valence-electron chi connectivity index (χ4n) is 3.17. The van der Waals surface area contributed by atoms with Gasteiger partial charge in [-0.2, -0.15) is 9.97 Å². The average Bonchev–Trinajstić information content (AvgIpc) is 3.47. The molecule has 0 aliphatic carbocycles. The SMILES string of the molecule is CC[C@@H](Oc1ccc(-c2noc(C(C)C)n2)cc1)c1nc(-c2ccc(S(C)(=O)=O)c(F)c2)no1. The van der Waals surface area contributed by atoms with Gasteiger partial charge in [0.1, 0.15) is 16.5 Å². The molecule has 2 aromatic carbocycles. The van der Waals surface area contributed by atoms with E-state index >= 15 is 0 Å². The van der Waals surface area contributed by atoms with Crippen LogP contribution in [-0.2, 0) is 9.84 Å². The molecule has 0 amide bonds. The van der Waals surface area contributed by atoms with Gasteiger partial charge in [-0.25, -0.2) is 12.8 Å². The van der Waals surface area contributed by atoms with E-state index in [1.54, 1.807) is 12.1 Å². The quantitative estimate of drug-likeness (QED) is 0.339. The first kappa shape index (κ1) is 23.6. The molecule has 9 nitrogen and oxygen atoms in total. The first-order valence-corrected chi connectivity index (χ1v) is 12.5. The van der Waals surface area contributed by atoms with E-state index in [2.05, 4.69) is 20.3 Å². The third kappa shape index (κ3) is 4.98. The average molecular weight is 487 g/mol. The zero-order valence-electron chi connectivity index (χ0n) is 19.0. The zero-order chi connectivity index (χ0) is 24.5. The first-order chi connectivity index (χ1) is 16.2. The summed E-state index contributed by atoms with van der Waals surface area (Å²) in [6.07, 6.45) is 0.941. The molecule has 2 aromatic heterocycles. The van der Waals surface area contributed by atoms with Crippen LogP contribution in [0.1, 0.15) is 51.0 Å². The topological polar surface area (TPSA) is 121 Å². The van der Waals surface area contributed by atoms with Crippen molar-refractivity contribution in [2.24, 2.45) is 0 Å². The smallest absolute Gasteiger partial charge is 0.268 e. The Kier molecular flexibility index (Phi) is 6.47. The molecule has 11 heteroatoms. The molecular weight excluding hydrogens is 463 g/mol. The fourth-order valence-corrected chi connectivity index (χ4v) is 3.89. The van der Waals surface area contributed by atoms with E-state index in [9.17, 15) is 12.8 Å². The van der Waals surface area contributed by atoms with Gasteiger partial charge in [0.15, 0.2) is 15.9 Å². The molecule has 0 radical (unpaired) electrons. The van der Waals surface area contributed by atoms with Crippen LogP contribution in [0.15, 0.2) is 56.4 Å². The lowest BCUT2D eigenvalue weighted by molar-refractivity contribution is 0.154. The Labute approximate surface area is 195 Å². The van der Waals surface area contributed by atoms with Gasteiger partial charge in [-0.05, 0) is 48.9 Å². The summed E-state index contributed by atoms with van der Waals surface area (Å²) < 4.78 is 54.1. The van der Waals surface area contributed by atoms with Crippen molar-refractivity contribution >= 4 is 9.84 Å². The molecule has 4 rings (SSSR count). The van der Waals surface area contributed by atoms with Crippen LogP contribution in [-0.4, -0.2) is 35.0 Å². The number of hydrogen-bond donors (Lipinski definition) is 0. The Morgan fingerprint density at radius 3 is 2.09 bits per heavy atom. The van der Waals surface area contributed by atoms with Gasteiger partial charge in [0.2, 0.25) is 17.5 Å². The minimum Gasteiger partial charge on any atom is -0.481 e. The van der Waals surface area contributed by atoms with Crippen molar-refractivity contribution in [3.63, 3.8) is 0 Å². The zero-order valence-corrected chi connectivity index (χ0v) is 19.8. The van der Waals surface area contributed by atoms with Crippen LogP contribution in [0.2, 0.25) is 0 Å². The summed E-state index contributed by atoms with van der Waals surface area (Å²) >= 11 is 0. The number of benzene rings is 2. The van der Waals surface area contributed by atoms with Gasteiger partial charge in [-0.3, -0.25) is 0 Å². The fraction of sp³-hybridized carbons (Fsp3) is 0.304. The van der Waals surface area contributed by atoms with Crippen molar-refractivity contribution in [3.05, 3.63) is 60.1 Å². The summed E-state index contributed by atoms with van der Waals surface area (Å²) in [5, 5.41) is 7.89. The molecule has 0 aliphatic rings. The number of nitrogens with zero attached hydrogens (tertiary/aromatic N) is 4. The molecular formula is C23H23FN4O5S. The van der Waals surface area contributed by atoms with Crippen molar-refractivity contribution in [1.82, 2.24) is 20.3 Å². The molecule has 0 saturated carbocycles. The van der Waals surface area contributed by atoms with E-state index in [1.807, 2.05) is 32.9 Å². The predicted molar refractivity (Wildman–Crippen MR) is 120 cm³/mol. The van der Waals surface area contributed by atoms with Crippen molar-refractivity contribution in [1.29, 1.82) is 0 Å². The van der Waals surface area contributed by atoms with E-state index < -0.39 is 21.8 Å². The Balaban J connectivity index is 1.50. The lowest BCUT2D eigenvalue weighted by Gasteiger charge is -2.13. The number of hydrogen-bond acceptors (Lipinski definition) is 9. The molecule has 0 saturated heterocycles. The molecule has 0 spiro atoms. The molecule has 0 bridgehead atoms. The maximum atomic E-state index is 14.2. The highest BCUT2D eigenvalue weighted by molar-refractivity contribution is 7.90. The van der Waals surface area contributed by atoms with Crippen LogP contribution in [0.25, 0.3) is 22.8 Å². The van der Waals surface area contributed by atoms with Crippen LogP contribution < -0.4 is 4.74 Å². The molecule has 2 heterocycles. The summed E-state index contributed by atoms with van der Waals surface area (Å²) in [5.41, 5.74) is 1.08. The second kappa shape index (κ2) is 9.34. The monoisotopic (exact) mass is 486 g/mol. The van der Waals surface area contributed by atoms with Gasteiger partial charge in [-0.1, -0.05) is 31.1 Å². The molecule has 1 atom stereocenters. The van der Waals surface area contributed by atoms with E-state index in [0.717, 1.165) is 17.9 Å². The summed E-state index contributed by atoms with van der Waals surface area (Å²) in [5.74, 6) is 1.25. The number of rotatable bonds is 8. The first-order valence-electron chi connectivity index (χ1n) is 10.6. The standard InChI is InChI=1S/C23H23FN4O5S/c1-5-18(31-16-9-6-14(7-10-16)20-25-22(13(2)3)32-27-20)23-26-21(28-33-23)15-8-11-19(17(24)12-15)34(4,29)30/h6-13,18H,5H2,1-4H3/t18-/m1/s1. The predicted octanol–water partition coefficient (Wildman–Crippen LogP) is 4.98. The normalized spacial score (nSPS) is 12.8. The van der Waals surface area contributed by atoms with E-state index in [1.165, 1.54) is 12.1 Å². The van der Waals surface area contributed by atoms with Gasteiger partial charge in [-0.15, -0.1) is 0 Å². The van der Waals surface area contributed by atoms with Crippen LogP contribution in [0, 0.1) is 5.82 Å². The number of aromatic nitrogens is 4. The molecule has 4 aromatic rings. The van der Waals surface area contributed by atoms with Gasteiger partial charge in [0, 0.05) is 23.3 Å². The highest BCUT2D eigenvalue weighted by Gasteiger charge is 2.22. The van der Waals surface area contributed by atoms with Crippen molar-refractivity contribution < 1.29 is 26.6 Å². The second-order valence-corrected chi connectivity index (χ2v) is 10.0. The van der Waals surface area contributed by atoms with Gasteiger partial charge in [0.05, 0.1) is 0 Å². The van der Waals surface area contributed by atoms with Crippen molar-refractivity contribution in [3.8, 4) is 28.5 Å². The summed E-state index contributed by atoms with van der Waals surface area (Å²) in [4.78, 5) is 8.30. The molecule has 0 fully saturated rings. The highest BCUT2D eigenvalue weighted by atomic mass is 32.2. The minimum atomic E-state index is -3.68. The lowest BCUT2D eigenvalue weighted by atomic mass is 10.2. The summed E-state index contributed by atoms with van der Waals surface area (Å²) in [6.45, 7) is 5.85. The molecule has 0 N–H and O–H groups in total. The van der Waals surface area contributed by atoms with Gasteiger partial charge >= 0.3 is 0 Å². The van der Waals surface area contributed by atoms with E-state index in [-0.39, 0.29) is 22.5 Å². The van der Waals surface area contributed by atoms with Gasteiger partial charge < -0.3 is 13.8 Å². The van der Waals surface area contributed by atoms with Gasteiger partial charge in [0.25, 0.3) is 5.89 Å². The van der Waals surface area contributed by atoms with Crippen LogP contribution >= 0.6 is 0 Å². The molecule has 0 aliphatic heterocycles. The van der Waals surface area contributed by atoms with Crippen molar-refractivity contribution in [2.45, 2.75) is 44.1 Å². The summed E-state index contributed by atoms with van der Waals surface area (Å²) in [6, 6.07) is 10.9. The molecule has 34 heavy (non-hydrogen) atoms.